The van der Waals surface area contributed by atoms with Crippen LogP contribution in [-0.2, 0) is 18.3 Å². The first-order valence-corrected chi connectivity index (χ1v) is 4.99. The third-order valence-electron chi connectivity index (χ3n) is 2.65. The molecule has 4 heteroatoms. The van der Waals surface area contributed by atoms with E-state index in [4.69, 9.17) is 5.11 Å². The number of rotatable bonds is 3. The highest BCUT2D eigenvalue weighted by Crippen LogP contribution is 2.22. The van der Waals surface area contributed by atoms with E-state index in [0.29, 0.717) is 0 Å². The summed E-state index contributed by atoms with van der Waals surface area (Å²) in [7, 11) is 1.86. The van der Waals surface area contributed by atoms with E-state index in [0.717, 1.165) is 16.5 Å². The van der Waals surface area contributed by atoms with E-state index < -0.39 is 12.1 Å². The number of aliphatic carboxylic acids is 1. The third-order valence-corrected chi connectivity index (χ3v) is 2.65. The minimum Gasteiger partial charge on any atom is -0.479 e. The Labute approximate surface area is 92.1 Å². The van der Waals surface area contributed by atoms with Crippen LogP contribution in [0.4, 0.5) is 4.39 Å². The van der Waals surface area contributed by atoms with Crippen molar-refractivity contribution in [2.45, 2.75) is 12.6 Å². The van der Waals surface area contributed by atoms with Gasteiger partial charge in [-0.15, -0.1) is 0 Å². The van der Waals surface area contributed by atoms with Crippen molar-refractivity contribution in [3.8, 4) is 0 Å². The second kappa shape index (κ2) is 3.96. The maximum Gasteiger partial charge on any atom is 0.338 e. The van der Waals surface area contributed by atoms with E-state index in [1.54, 1.807) is 6.20 Å². The molecule has 0 spiro atoms. The van der Waals surface area contributed by atoms with Gasteiger partial charge in [0.1, 0.15) is 0 Å². The van der Waals surface area contributed by atoms with Crippen molar-refractivity contribution in [2.75, 3.05) is 0 Å². The van der Waals surface area contributed by atoms with Gasteiger partial charge in [0.25, 0.3) is 0 Å². The van der Waals surface area contributed by atoms with Crippen LogP contribution in [0.1, 0.15) is 5.56 Å². The zero-order chi connectivity index (χ0) is 11.7. The van der Waals surface area contributed by atoms with Crippen LogP contribution in [0.5, 0.6) is 0 Å². The second-order valence-corrected chi connectivity index (χ2v) is 3.79. The summed E-state index contributed by atoms with van der Waals surface area (Å²) in [6.07, 6.45) is -0.151. The lowest BCUT2D eigenvalue weighted by Gasteiger charge is -2.01. The molecule has 16 heavy (non-hydrogen) atoms. The summed E-state index contributed by atoms with van der Waals surface area (Å²) in [4.78, 5) is 10.5. The zero-order valence-electron chi connectivity index (χ0n) is 8.85. The lowest BCUT2D eigenvalue weighted by Crippen LogP contribution is -2.16. The number of alkyl halides is 1. The summed E-state index contributed by atoms with van der Waals surface area (Å²) in [5, 5.41) is 9.45. The Kier molecular flexibility index (Phi) is 2.64. The van der Waals surface area contributed by atoms with Crippen LogP contribution in [0.25, 0.3) is 10.9 Å². The van der Waals surface area contributed by atoms with Crippen molar-refractivity contribution in [3.05, 3.63) is 36.0 Å². The van der Waals surface area contributed by atoms with Crippen LogP contribution in [0.15, 0.2) is 30.5 Å². The van der Waals surface area contributed by atoms with Crippen LogP contribution in [0.3, 0.4) is 0 Å². The van der Waals surface area contributed by atoms with Gasteiger partial charge in [0.15, 0.2) is 0 Å². The van der Waals surface area contributed by atoms with Crippen molar-refractivity contribution in [2.24, 2.45) is 7.05 Å². The van der Waals surface area contributed by atoms with Crippen LogP contribution in [0.2, 0.25) is 0 Å². The molecule has 1 N–H and O–H groups in total. The van der Waals surface area contributed by atoms with Crippen molar-refractivity contribution >= 4 is 16.9 Å². The highest BCUT2D eigenvalue weighted by molar-refractivity contribution is 5.84. The fourth-order valence-corrected chi connectivity index (χ4v) is 1.87. The first-order chi connectivity index (χ1) is 7.59. The first kappa shape index (κ1) is 10.7. The molecule has 3 nitrogen and oxygen atoms in total. The molecule has 0 radical (unpaired) electrons. The van der Waals surface area contributed by atoms with Gasteiger partial charge in [-0.2, -0.15) is 0 Å². The van der Waals surface area contributed by atoms with Gasteiger partial charge in [-0.05, 0) is 11.6 Å². The zero-order valence-corrected chi connectivity index (χ0v) is 8.85. The Morgan fingerprint density at radius 3 is 2.88 bits per heavy atom. The summed E-state index contributed by atoms with van der Waals surface area (Å²) in [5.41, 5.74) is 1.71. The van der Waals surface area contributed by atoms with Crippen molar-refractivity contribution < 1.29 is 14.3 Å². The molecule has 2 aromatic rings. The Balaban J connectivity index is 2.42. The molecule has 84 valence electrons. The summed E-state index contributed by atoms with van der Waals surface area (Å²) in [6.45, 7) is 0. The average molecular weight is 221 g/mol. The predicted octanol–water partition coefficient (Wildman–Crippen LogP) is 2.14. The van der Waals surface area contributed by atoms with Gasteiger partial charge in [-0.3, -0.25) is 0 Å². The number of carboxylic acid groups (broad SMARTS) is 1. The highest BCUT2D eigenvalue weighted by Gasteiger charge is 2.18. The third kappa shape index (κ3) is 1.78. The first-order valence-electron chi connectivity index (χ1n) is 4.99. The van der Waals surface area contributed by atoms with Gasteiger partial charge < -0.3 is 9.67 Å². The Morgan fingerprint density at radius 1 is 1.50 bits per heavy atom. The second-order valence-electron chi connectivity index (χ2n) is 3.79. The fraction of sp³-hybridized carbons (Fsp3) is 0.250. The standard InChI is InChI=1S/C12H12FNO2/c1-14-7-8(6-10(13)12(15)16)9-4-2-3-5-11(9)14/h2-5,7,10H,6H2,1H3,(H,15,16). The summed E-state index contributed by atoms with van der Waals surface area (Å²) in [5.74, 6) is -1.41. The number of hydrogen-bond acceptors (Lipinski definition) is 1. The van der Waals surface area contributed by atoms with Gasteiger partial charge in [-0.1, -0.05) is 18.2 Å². The number of halogens is 1. The molecule has 0 aliphatic carbocycles. The molecule has 1 heterocycles. The topological polar surface area (TPSA) is 42.2 Å². The number of nitrogens with zero attached hydrogens (tertiary/aromatic N) is 1. The average Bonchev–Trinajstić information content (AvgIpc) is 2.57. The maximum absolute atomic E-state index is 13.1. The van der Waals surface area contributed by atoms with Gasteiger partial charge in [0, 0.05) is 30.6 Å². The van der Waals surface area contributed by atoms with E-state index in [9.17, 15) is 9.18 Å². The fourth-order valence-electron chi connectivity index (χ4n) is 1.87. The van der Waals surface area contributed by atoms with Gasteiger partial charge >= 0.3 is 5.97 Å². The van der Waals surface area contributed by atoms with Crippen molar-refractivity contribution in [1.82, 2.24) is 4.57 Å². The van der Waals surface area contributed by atoms with E-state index in [1.165, 1.54) is 0 Å². The summed E-state index contributed by atoms with van der Waals surface area (Å²) < 4.78 is 15.0. The van der Waals surface area contributed by atoms with E-state index in [-0.39, 0.29) is 6.42 Å². The SMILES string of the molecule is Cn1cc(CC(F)C(=O)O)c2ccccc21. The Hall–Kier alpha value is -1.84. The molecule has 1 aromatic carbocycles. The summed E-state index contributed by atoms with van der Waals surface area (Å²) in [6, 6.07) is 7.56. The molecule has 0 aliphatic heterocycles. The lowest BCUT2D eigenvalue weighted by atomic mass is 10.1. The molecular weight excluding hydrogens is 209 g/mol. The maximum atomic E-state index is 13.1. The van der Waals surface area contributed by atoms with Crippen LogP contribution < -0.4 is 0 Å². The molecule has 1 atom stereocenters. The summed E-state index contributed by atoms with van der Waals surface area (Å²) >= 11 is 0. The van der Waals surface area contributed by atoms with Gasteiger partial charge in [0.2, 0.25) is 6.17 Å². The molecular formula is C12H12FNO2. The molecule has 0 saturated heterocycles. The van der Waals surface area contributed by atoms with Crippen LogP contribution in [0, 0.1) is 0 Å². The smallest absolute Gasteiger partial charge is 0.338 e. The number of carbonyl (C=O) groups is 1. The van der Waals surface area contributed by atoms with Gasteiger partial charge in [0.05, 0.1) is 0 Å². The van der Waals surface area contributed by atoms with Gasteiger partial charge in [-0.25, -0.2) is 9.18 Å². The molecule has 1 aromatic heterocycles. The van der Waals surface area contributed by atoms with Crippen LogP contribution >= 0.6 is 0 Å². The molecule has 0 fully saturated rings. The molecule has 0 saturated carbocycles. The van der Waals surface area contributed by atoms with Crippen molar-refractivity contribution in [1.29, 1.82) is 0 Å². The monoisotopic (exact) mass is 221 g/mol. The molecule has 1 unspecified atom stereocenters. The molecule has 0 bridgehead atoms. The number of aryl methyl sites for hydroxylation is 1. The molecule has 0 aliphatic rings. The number of aromatic nitrogens is 1. The number of carboxylic acids is 1. The van der Waals surface area contributed by atoms with E-state index in [1.807, 2.05) is 35.9 Å². The van der Waals surface area contributed by atoms with E-state index in [2.05, 4.69) is 0 Å². The predicted molar refractivity (Wildman–Crippen MR) is 59.2 cm³/mol. The number of para-hydroxylation sites is 1. The number of fused-ring (bicyclic) bond motifs is 1. The Morgan fingerprint density at radius 2 is 2.19 bits per heavy atom. The lowest BCUT2D eigenvalue weighted by molar-refractivity contribution is -0.142. The normalized spacial score (nSPS) is 12.9. The Bertz CT molecular complexity index is 533. The van der Waals surface area contributed by atoms with E-state index >= 15 is 0 Å². The van der Waals surface area contributed by atoms with Crippen LogP contribution in [-0.4, -0.2) is 21.8 Å². The largest absolute Gasteiger partial charge is 0.479 e. The molecule has 0 amide bonds. The highest BCUT2D eigenvalue weighted by atomic mass is 19.1. The minimum atomic E-state index is -1.84. The van der Waals surface area contributed by atoms with Crippen molar-refractivity contribution in [3.63, 3.8) is 0 Å². The quantitative estimate of drug-likeness (QED) is 0.862. The molecule has 2 rings (SSSR count). The number of benzene rings is 1. The number of hydrogen-bond donors (Lipinski definition) is 1. The minimum absolute atomic E-state index is 0.0866.